The van der Waals surface area contributed by atoms with Crippen LogP contribution in [0.3, 0.4) is 0 Å². The number of nitrogens with zero attached hydrogens (tertiary/aromatic N) is 2. The Bertz CT molecular complexity index is 748. The molecule has 0 aliphatic carbocycles. The number of carboxylic acids is 1. The van der Waals surface area contributed by atoms with Crippen LogP contribution in [0, 0.1) is 10.1 Å². The van der Waals surface area contributed by atoms with Gasteiger partial charge in [0.05, 0.1) is 21.8 Å². The van der Waals surface area contributed by atoms with Crippen LogP contribution in [-0.2, 0) is 9.59 Å². The number of hydrogen-bond donors (Lipinski definition) is 0. The maximum absolute atomic E-state index is 12.5. The molecule has 10 heteroatoms. The van der Waals surface area contributed by atoms with Crippen molar-refractivity contribution >= 4 is 63.7 Å². The summed E-state index contributed by atoms with van der Waals surface area (Å²) in [6, 6.07) is 4.57. The Labute approximate surface area is 157 Å². The fourth-order valence-corrected chi connectivity index (χ4v) is 3.99. The van der Waals surface area contributed by atoms with Crippen molar-refractivity contribution in [2.24, 2.45) is 0 Å². The first-order valence-electron chi connectivity index (χ1n) is 7.06. The molecule has 25 heavy (non-hydrogen) atoms. The molecular weight excluding hydrogens is 384 g/mol. The molecule has 0 saturated carbocycles. The number of hydrogen-bond acceptors (Lipinski definition) is 8. The molecular formula is C15H13N2O5S3-. The number of amides is 1. The zero-order valence-electron chi connectivity index (χ0n) is 13.0. The highest BCUT2D eigenvalue weighted by Crippen LogP contribution is 2.34. The minimum atomic E-state index is -1.35. The second-order valence-electron chi connectivity index (χ2n) is 5.02. The standard InChI is InChI=1S/C15H14N2O5S3/c1-24-7-6-11(14(19)20)16-13(18)12(25-15(16)23)8-9-2-4-10(5-3-9)17(21)22/h2-5,8,11H,6-7H2,1H3,(H,19,20)/p-1/b12-8+/t11-/m1/s1. The lowest BCUT2D eigenvalue weighted by Gasteiger charge is -2.27. The normalized spacial score (nSPS) is 17.2. The van der Waals surface area contributed by atoms with E-state index in [1.54, 1.807) is 0 Å². The lowest BCUT2D eigenvalue weighted by Crippen LogP contribution is -2.50. The third kappa shape index (κ3) is 4.59. The van der Waals surface area contributed by atoms with Crippen LogP contribution < -0.4 is 5.11 Å². The van der Waals surface area contributed by atoms with Crippen LogP contribution in [-0.4, -0.2) is 44.1 Å². The van der Waals surface area contributed by atoms with Crippen LogP contribution in [0.15, 0.2) is 29.2 Å². The molecule has 1 aromatic carbocycles. The third-order valence-electron chi connectivity index (χ3n) is 3.40. The third-order valence-corrected chi connectivity index (χ3v) is 5.38. The highest BCUT2D eigenvalue weighted by Gasteiger charge is 2.37. The summed E-state index contributed by atoms with van der Waals surface area (Å²) >= 11 is 7.62. The first-order valence-corrected chi connectivity index (χ1v) is 9.68. The van der Waals surface area contributed by atoms with Crippen molar-refractivity contribution < 1.29 is 19.6 Å². The van der Waals surface area contributed by atoms with Crippen molar-refractivity contribution in [2.45, 2.75) is 12.5 Å². The highest BCUT2D eigenvalue weighted by molar-refractivity contribution is 8.26. The van der Waals surface area contributed by atoms with E-state index >= 15 is 0 Å². The number of nitro groups is 1. The van der Waals surface area contributed by atoms with E-state index in [1.807, 2.05) is 6.26 Å². The number of rotatable bonds is 7. The molecule has 1 heterocycles. The van der Waals surface area contributed by atoms with Gasteiger partial charge in [-0.15, -0.1) is 0 Å². The predicted molar refractivity (Wildman–Crippen MR) is 99.9 cm³/mol. The Morgan fingerprint density at radius 2 is 2.08 bits per heavy atom. The molecule has 0 aromatic heterocycles. The lowest BCUT2D eigenvalue weighted by atomic mass is 10.1. The van der Waals surface area contributed by atoms with Gasteiger partial charge in [0.1, 0.15) is 4.32 Å². The average molecular weight is 397 g/mol. The van der Waals surface area contributed by atoms with Gasteiger partial charge in [-0.05, 0) is 42.2 Å². The van der Waals surface area contributed by atoms with Crippen LogP contribution >= 0.6 is 35.7 Å². The molecule has 0 bridgehead atoms. The SMILES string of the molecule is CSCC[C@H](C(=O)[O-])N1C(=O)/C(=C\c2ccc([N+](=O)[O-])cc2)SC1=S. The minimum absolute atomic E-state index is 0.0567. The average Bonchev–Trinajstić information content (AvgIpc) is 2.83. The summed E-state index contributed by atoms with van der Waals surface area (Å²) in [7, 11) is 0. The fourth-order valence-electron chi connectivity index (χ4n) is 2.17. The van der Waals surface area contributed by atoms with Crippen LogP contribution in [0.2, 0.25) is 0 Å². The maximum atomic E-state index is 12.5. The van der Waals surface area contributed by atoms with Crippen molar-refractivity contribution in [1.29, 1.82) is 0 Å². The van der Waals surface area contributed by atoms with E-state index in [4.69, 9.17) is 12.2 Å². The monoisotopic (exact) mass is 397 g/mol. The van der Waals surface area contributed by atoms with Gasteiger partial charge in [-0.25, -0.2) is 0 Å². The molecule has 2 rings (SSSR count). The summed E-state index contributed by atoms with van der Waals surface area (Å²) in [5.74, 6) is -1.29. The Morgan fingerprint density at radius 3 is 2.60 bits per heavy atom. The molecule has 1 aliphatic rings. The van der Waals surface area contributed by atoms with Crippen LogP contribution in [0.4, 0.5) is 5.69 Å². The summed E-state index contributed by atoms with van der Waals surface area (Å²) < 4.78 is 0.161. The van der Waals surface area contributed by atoms with Gasteiger partial charge in [-0.1, -0.05) is 24.0 Å². The van der Waals surface area contributed by atoms with Gasteiger partial charge < -0.3 is 9.90 Å². The number of thioether (sulfide) groups is 2. The number of carbonyl (C=O) groups excluding carboxylic acids is 2. The van der Waals surface area contributed by atoms with Crippen LogP contribution in [0.5, 0.6) is 0 Å². The van der Waals surface area contributed by atoms with E-state index < -0.39 is 22.8 Å². The van der Waals surface area contributed by atoms with Gasteiger partial charge in [-0.2, -0.15) is 11.8 Å². The van der Waals surface area contributed by atoms with Crippen LogP contribution in [0.25, 0.3) is 6.08 Å². The molecule has 1 amide bonds. The zero-order chi connectivity index (χ0) is 18.6. The Hall–Kier alpha value is -1.91. The second kappa shape index (κ2) is 8.45. The summed E-state index contributed by atoms with van der Waals surface area (Å²) in [6.45, 7) is 0. The first kappa shape index (κ1) is 19.4. The number of benzene rings is 1. The molecule has 0 N–H and O–H groups in total. The Balaban J connectivity index is 2.24. The van der Waals surface area contributed by atoms with E-state index in [2.05, 4.69) is 0 Å². The molecule has 1 aromatic rings. The summed E-state index contributed by atoms with van der Waals surface area (Å²) in [5, 5.41) is 22.0. The Morgan fingerprint density at radius 1 is 1.44 bits per heavy atom. The van der Waals surface area contributed by atoms with E-state index in [0.29, 0.717) is 11.3 Å². The largest absolute Gasteiger partial charge is 0.548 e. The van der Waals surface area contributed by atoms with Crippen molar-refractivity contribution in [3.8, 4) is 0 Å². The first-order chi connectivity index (χ1) is 11.8. The topological polar surface area (TPSA) is 104 Å². The summed E-state index contributed by atoms with van der Waals surface area (Å²) in [4.78, 5) is 35.4. The number of carboxylic acid groups (broad SMARTS) is 1. The molecule has 1 atom stereocenters. The van der Waals surface area contributed by atoms with Crippen molar-refractivity contribution in [3.05, 3.63) is 44.8 Å². The van der Waals surface area contributed by atoms with Gasteiger partial charge >= 0.3 is 0 Å². The highest BCUT2D eigenvalue weighted by atomic mass is 32.2. The van der Waals surface area contributed by atoms with E-state index in [1.165, 1.54) is 42.1 Å². The number of non-ortho nitro benzene ring substituents is 1. The quantitative estimate of drug-likeness (QED) is 0.296. The van der Waals surface area contributed by atoms with E-state index in [9.17, 15) is 24.8 Å². The summed E-state index contributed by atoms with van der Waals surface area (Å²) in [6.07, 6.45) is 3.61. The zero-order valence-corrected chi connectivity index (χ0v) is 15.5. The number of thiocarbonyl (C=S) groups is 1. The molecule has 0 unspecified atom stereocenters. The lowest BCUT2D eigenvalue weighted by molar-refractivity contribution is -0.384. The molecule has 0 radical (unpaired) electrons. The van der Waals surface area contributed by atoms with Gasteiger partial charge in [0.15, 0.2) is 0 Å². The maximum Gasteiger partial charge on any atom is 0.269 e. The number of carbonyl (C=O) groups is 2. The molecule has 1 aliphatic heterocycles. The predicted octanol–water partition coefficient (Wildman–Crippen LogP) is 1.67. The molecule has 132 valence electrons. The molecule has 7 nitrogen and oxygen atoms in total. The molecule has 0 spiro atoms. The number of aliphatic carboxylic acids is 1. The smallest absolute Gasteiger partial charge is 0.269 e. The summed E-state index contributed by atoms with van der Waals surface area (Å²) in [5.41, 5.74) is 0.527. The van der Waals surface area contributed by atoms with Crippen molar-refractivity contribution in [2.75, 3.05) is 12.0 Å². The van der Waals surface area contributed by atoms with Gasteiger partial charge in [0.25, 0.3) is 11.6 Å². The van der Waals surface area contributed by atoms with Gasteiger partial charge in [0, 0.05) is 12.1 Å². The van der Waals surface area contributed by atoms with E-state index in [0.717, 1.165) is 16.7 Å². The van der Waals surface area contributed by atoms with E-state index in [-0.39, 0.29) is 21.3 Å². The van der Waals surface area contributed by atoms with Crippen molar-refractivity contribution in [1.82, 2.24) is 4.90 Å². The van der Waals surface area contributed by atoms with Gasteiger partial charge in [-0.3, -0.25) is 19.8 Å². The Kier molecular flexibility index (Phi) is 6.57. The number of nitro benzene ring substituents is 1. The van der Waals surface area contributed by atoms with Gasteiger partial charge in [0.2, 0.25) is 0 Å². The molecule has 1 fully saturated rings. The fraction of sp³-hybridized carbons (Fsp3) is 0.267. The minimum Gasteiger partial charge on any atom is -0.548 e. The second-order valence-corrected chi connectivity index (χ2v) is 7.68. The van der Waals surface area contributed by atoms with Crippen molar-refractivity contribution in [3.63, 3.8) is 0 Å². The molecule has 1 saturated heterocycles. The van der Waals surface area contributed by atoms with Crippen LogP contribution in [0.1, 0.15) is 12.0 Å².